The Bertz CT molecular complexity index is 366. The molecule has 0 fully saturated rings. The van der Waals surface area contributed by atoms with Gasteiger partial charge in [0.1, 0.15) is 12.5 Å². The van der Waals surface area contributed by atoms with E-state index in [-0.39, 0.29) is 17.2 Å². The summed E-state index contributed by atoms with van der Waals surface area (Å²) in [7, 11) is 1.67. The van der Waals surface area contributed by atoms with Crippen molar-refractivity contribution in [2.75, 3.05) is 13.7 Å². The molecule has 1 rings (SSSR count). The van der Waals surface area contributed by atoms with E-state index in [0.717, 1.165) is 5.71 Å². The van der Waals surface area contributed by atoms with E-state index < -0.39 is 0 Å². The molecule has 0 aromatic carbocycles. The maximum absolute atomic E-state index is 12.0. The number of hydrazone groups is 1. The van der Waals surface area contributed by atoms with Crippen LogP contribution < -0.4 is 0 Å². The van der Waals surface area contributed by atoms with Gasteiger partial charge < -0.3 is 4.84 Å². The minimum absolute atomic E-state index is 0.0455. The summed E-state index contributed by atoms with van der Waals surface area (Å²) in [5, 5.41) is 9.66. The average Bonchev–Trinajstić information content (AvgIpc) is 2.52. The van der Waals surface area contributed by atoms with Crippen LogP contribution in [-0.2, 0) is 9.63 Å². The van der Waals surface area contributed by atoms with Crippen molar-refractivity contribution in [3.8, 4) is 0 Å². The van der Waals surface area contributed by atoms with E-state index in [1.807, 2.05) is 27.7 Å². The van der Waals surface area contributed by atoms with Crippen molar-refractivity contribution in [1.29, 1.82) is 0 Å². The van der Waals surface area contributed by atoms with E-state index >= 15 is 0 Å². The van der Waals surface area contributed by atoms with Gasteiger partial charge in [-0.2, -0.15) is 5.10 Å². The molecule has 0 aromatic rings. The number of oxime groups is 1. The molecule has 0 aromatic heterocycles. The van der Waals surface area contributed by atoms with Crippen molar-refractivity contribution in [1.82, 2.24) is 5.01 Å². The first-order chi connectivity index (χ1) is 7.79. The summed E-state index contributed by atoms with van der Waals surface area (Å²) in [6, 6.07) is 0. The summed E-state index contributed by atoms with van der Waals surface area (Å²) in [5.74, 6) is -0.428. The van der Waals surface area contributed by atoms with Crippen LogP contribution in [0.15, 0.2) is 10.3 Å². The van der Waals surface area contributed by atoms with Crippen LogP contribution in [0.3, 0.4) is 0 Å². The summed E-state index contributed by atoms with van der Waals surface area (Å²) in [6.07, 6.45) is 0. The molecular weight excluding hydrogens is 218 g/mol. The zero-order valence-corrected chi connectivity index (χ0v) is 11.4. The largest absolute Gasteiger partial charge is 0.396 e. The van der Waals surface area contributed by atoms with Crippen molar-refractivity contribution in [3.63, 3.8) is 0 Å². The van der Waals surface area contributed by atoms with E-state index in [2.05, 4.69) is 10.3 Å². The molecule has 1 atom stereocenters. The third-order valence-corrected chi connectivity index (χ3v) is 2.62. The fourth-order valence-electron chi connectivity index (χ4n) is 1.75. The number of carbonyl (C=O) groups is 1. The van der Waals surface area contributed by atoms with Gasteiger partial charge >= 0.3 is 0 Å². The number of nitrogens with zero attached hydrogens (tertiary/aromatic N) is 3. The molecule has 1 heterocycles. The molecule has 1 amide bonds. The zero-order valence-electron chi connectivity index (χ0n) is 11.4. The van der Waals surface area contributed by atoms with Crippen molar-refractivity contribution in [2.24, 2.45) is 21.6 Å². The molecule has 0 saturated heterocycles. The Morgan fingerprint density at radius 1 is 1.53 bits per heavy atom. The summed E-state index contributed by atoms with van der Waals surface area (Å²) < 4.78 is 0. The lowest BCUT2D eigenvalue weighted by molar-refractivity contribution is -0.129. The molecule has 0 radical (unpaired) electrons. The number of hydrogen-bond donors (Lipinski definition) is 0. The lowest BCUT2D eigenvalue weighted by Gasteiger charge is -2.22. The molecule has 0 spiro atoms. The van der Waals surface area contributed by atoms with Gasteiger partial charge in [0.2, 0.25) is 0 Å². The highest BCUT2D eigenvalue weighted by Crippen LogP contribution is 2.29. The summed E-state index contributed by atoms with van der Waals surface area (Å²) >= 11 is 0. The van der Waals surface area contributed by atoms with Gasteiger partial charge in [0, 0.05) is 12.5 Å². The van der Waals surface area contributed by atoms with Gasteiger partial charge in [-0.3, -0.25) is 4.79 Å². The Hall–Kier alpha value is -1.39. The maximum atomic E-state index is 12.0. The average molecular weight is 239 g/mol. The van der Waals surface area contributed by atoms with Gasteiger partial charge in [-0.05, 0) is 13.8 Å². The zero-order chi connectivity index (χ0) is 13.2. The molecule has 0 bridgehead atoms. The molecule has 96 valence electrons. The third kappa shape index (κ3) is 2.84. The van der Waals surface area contributed by atoms with Crippen molar-refractivity contribution in [2.45, 2.75) is 34.6 Å². The van der Waals surface area contributed by atoms with Crippen LogP contribution in [0.1, 0.15) is 34.6 Å². The lowest BCUT2D eigenvalue weighted by atomic mass is 9.80. The minimum atomic E-state index is -0.383. The monoisotopic (exact) mass is 239 g/mol. The van der Waals surface area contributed by atoms with Crippen LogP contribution in [0.4, 0.5) is 0 Å². The van der Waals surface area contributed by atoms with Crippen LogP contribution in [0.5, 0.6) is 0 Å². The highest BCUT2D eigenvalue weighted by molar-refractivity contribution is 6.24. The van der Waals surface area contributed by atoms with Gasteiger partial charge in [-0.15, -0.1) is 0 Å². The minimum Gasteiger partial charge on any atom is -0.396 e. The second kappa shape index (κ2) is 4.85. The van der Waals surface area contributed by atoms with Crippen molar-refractivity contribution >= 4 is 17.3 Å². The second-order valence-electron chi connectivity index (χ2n) is 5.18. The van der Waals surface area contributed by atoms with Crippen molar-refractivity contribution in [3.05, 3.63) is 0 Å². The SMILES string of the molecule is CCO/N=C(/C)C1C(=O)N(C)N=C1C(C)(C)C. The topological polar surface area (TPSA) is 54.3 Å². The van der Waals surface area contributed by atoms with E-state index in [4.69, 9.17) is 4.84 Å². The first-order valence-corrected chi connectivity index (χ1v) is 5.82. The predicted octanol–water partition coefficient (Wildman–Crippen LogP) is 1.89. The van der Waals surface area contributed by atoms with Crippen LogP contribution in [0.25, 0.3) is 0 Å². The Balaban J connectivity index is 3.04. The van der Waals surface area contributed by atoms with Crippen molar-refractivity contribution < 1.29 is 9.63 Å². The summed E-state index contributed by atoms with van der Waals surface area (Å²) in [6.45, 7) is 10.3. The standard InChI is InChI=1S/C12H21N3O2/c1-7-17-14-8(2)9-10(12(3,4)5)13-15(6)11(9)16/h9H,7H2,1-6H3/b14-8-. The highest BCUT2D eigenvalue weighted by Gasteiger charge is 2.41. The number of amides is 1. The molecule has 1 unspecified atom stereocenters. The van der Waals surface area contributed by atoms with Gasteiger partial charge in [-0.25, -0.2) is 5.01 Å². The lowest BCUT2D eigenvalue weighted by Crippen LogP contribution is -2.35. The molecule has 5 heteroatoms. The Morgan fingerprint density at radius 2 is 2.12 bits per heavy atom. The number of hydrogen-bond acceptors (Lipinski definition) is 4. The summed E-state index contributed by atoms with van der Waals surface area (Å²) in [5.41, 5.74) is 1.34. The predicted molar refractivity (Wildman–Crippen MR) is 67.9 cm³/mol. The van der Waals surface area contributed by atoms with Gasteiger partial charge in [0.15, 0.2) is 0 Å². The van der Waals surface area contributed by atoms with Crippen LogP contribution >= 0.6 is 0 Å². The molecule has 0 N–H and O–H groups in total. The van der Waals surface area contributed by atoms with E-state index in [9.17, 15) is 4.79 Å². The molecule has 17 heavy (non-hydrogen) atoms. The Kier molecular flexibility index (Phi) is 3.91. The van der Waals surface area contributed by atoms with Gasteiger partial charge in [0.25, 0.3) is 5.91 Å². The molecule has 0 saturated carbocycles. The van der Waals surface area contributed by atoms with E-state index in [0.29, 0.717) is 12.3 Å². The smallest absolute Gasteiger partial charge is 0.257 e. The van der Waals surface area contributed by atoms with E-state index in [1.54, 1.807) is 14.0 Å². The Labute approximate surface area is 102 Å². The van der Waals surface area contributed by atoms with E-state index in [1.165, 1.54) is 5.01 Å². The normalized spacial score (nSPS) is 21.9. The highest BCUT2D eigenvalue weighted by atomic mass is 16.6. The number of rotatable bonds is 3. The van der Waals surface area contributed by atoms with Gasteiger partial charge in [-0.1, -0.05) is 25.9 Å². The van der Waals surface area contributed by atoms with Crippen LogP contribution in [-0.4, -0.2) is 36.0 Å². The van der Waals surface area contributed by atoms with Crippen LogP contribution in [0.2, 0.25) is 0 Å². The maximum Gasteiger partial charge on any atom is 0.257 e. The Morgan fingerprint density at radius 3 is 2.59 bits per heavy atom. The summed E-state index contributed by atoms with van der Waals surface area (Å²) in [4.78, 5) is 17.1. The van der Waals surface area contributed by atoms with Crippen LogP contribution in [0, 0.1) is 11.3 Å². The fraction of sp³-hybridized carbons (Fsp3) is 0.750. The molecule has 0 aliphatic carbocycles. The third-order valence-electron chi connectivity index (χ3n) is 2.62. The number of carbonyl (C=O) groups excluding carboxylic acids is 1. The molecular formula is C12H21N3O2. The first-order valence-electron chi connectivity index (χ1n) is 5.82. The fourth-order valence-corrected chi connectivity index (χ4v) is 1.75. The quantitative estimate of drug-likeness (QED) is 0.558. The van der Waals surface area contributed by atoms with Gasteiger partial charge in [0.05, 0.1) is 11.4 Å². The first kappa shape index (κ1) is 13.7. The molecule has 1 aliphatic heterocycles. The second-order valence-corrected chi connectivity index (χ2v) is 5.18. The molecule has 5 nitrogen and oxygen atoms in total. The molecule has 1 aliphatic rings.